The molecule has 0 aromatic rings. The molecule has 2 heterocycles. The second kappa shape index (κ2) is 5.84. The van der Waals surface area contributed by atoms with Gasteiger partial charge in [0.05, 0.1) is 0 Å². The maximum atomic E-state index is 11.9. The van der Waals surface area contributed by atoms with Gasteiger partial charge in [-0.05, 0) is 31.2 Å². The Morgan fingerprint density at radius 2 is 2.18 bits per heavy atom. The molecule has 0 saturated carbocycles. The second-order valence-corrected chi connectivity index (χ2v) is 6.66. The fourth-order valence-electron chi connectivity index (χ4n) is 2.57. The van der Waals surface area contributed by atoms with Crippen LogP contribution in [0.1, 0.15) is 26.2 Å². The van der Waals surface area contributed by atoms with Crippen molar-refractivity contribution in [1.29, 1.82) is 0 Å². The van der Waals surface area contributed by atoms with E-state index in [9.17, 15) is 8.42 Å². The van der Waals surface area contributed by atoms with E-state index in [-0.39, 0.29) is 17.8 Å². The molecule has 0 aromatic carbocycles. The number of nitrogens with zero attached hydrogens (tertiary/aromatic N) is 1. The molecule has 0 bridgehead atoms. The average Bonchev–Trinajstić information content (AvgIpc) is 2.87. The van der Waals surface area contributed by atoms with E-state index in [4.69, 9.17) is 0 Å². The summed E-state index contributed by atoms with van der Waals surface area (Å²) in [5.74, 6) is 0. The molecule has 17 heavy (non-hydrogen) atoms. The molecule has 0 radical (unpaired) electrons. The maximum Gasteiger partial charge on any atom is 0.279 e. The Balaban J connectivity index is 0.00000144. The predicted octanol–water partition coefficient (Wildman–Crippen LogP) is 0.338. The van der Waals surface area contributed by atoms with Crippen LogP contribution in [0.15, 0.2) is 0 Å². The molecule has 2 fully saturated rings. The Labute approximate surface area is 110 Å². The molecule has 102 valence electrons. The first-order valence-electron chi connectivity index (χ1n) is 6.03. The van der Waals surface area contributed by atoms with Gasteiger partial charge in [-0.3, -0.25) is 0 Å². The van der Waals surface area contributed by atoms with Crippen molar-refractivity contribution in [1.82, 2.24) is 14.3 Å². The lowest BCUT2D eigenvalue weighted by atomic mass is 9.87. The van der Waals surface area contributed by atoms with Gasteiger partial charge in [-0.15, -0.1) is 12.4 Å². The highest BCUT2D eigenvalue weighted by molar-refractivity contribution is 7.87. The monoisotopic (exact) mass is 283 g/mol. The van der Waals surface area contributed by atoms with Gasteiger partial charge >= 0.3 is 0 Å². The zero-order chi connectivity index (χ0) is 11.6. The first-order chi connectivity index (χ1) is 7.58. The van der Waals surface area contributed by atoms with E-state index in [1.807, 2.05) is 6.92 Å². The zero-order valence-corrected chi connectivity index (χ0v) is 11.9. The molecule has 0 aliphatic carbocycles. The molecule has 2 saturated heterocycles. The summed E-state index contributed by atoms with van der Waals surface area (Å²) in [7, 11) is -3.23. The normalized spacial score (nSPS) is 29.7. The molecule has 0 amide bonds. The van der Waals surface area contributed by atoms with Crippen molar-refractivity contribution < 1.29 is 8.42 Å². The van der Waals surface area contributed by atoms with Gasteiger partial charge in [0.15, 0.2) is 0 Å². The van der Waals surface area contributed by atoms with Gasteiger partial charge in [-0.1, -0.05) is 6.92 Å². The third kappa shape index (κ3) is 3.32. The fraction of sp³-hybridized carbons (Fsp3) is 1.00. The summed E-state index contributed by atoms with van der Waals surface area (Å²) in [6.07, 6.45) is 2.93. The molecular formula is C10H22ClN3O2S. The van der Waals surface area contributed by atoms with Gasteiger partial charge in [0.1, 0.15) is 0 Å². The molecule has 1 spiro atoms. The van der Waals surface area contributed by atoms with E-state index in [0.717, 1.165) is 32.4 Å². The lowest BCUT2D eigenvalue weighted by molar-refractivity contribution is 0.336. The van der Waals surface area contributed by atoms with E-state index in [1.54, 1.807) is 4.31 Å². The summed E-state index contributed by atoms with van der Waals surface area (Å²) in [5.41, 5.74) is 0.209. The first kappa shape index (κ1) is 15.2. The molecule has 2 rings (SSSR count). The van der Waals surface area contributed by atoms with Crippen LogP contribution >= 0.6 is 12.4 Å². The van der Waals surface area contributed by atoms with Crippen LogP contribution in [-0.4, -0.2) is 45.4 Å². The smallest absolute Gasteiger partial charge is 0.279 e. The number of hydrogen-bond acceptors (Lipinski definition) is 3. The highest BCUT2D eigenvalue weighted by Crippen LogP contribution is 2.36. The molecule has 0 aromatic heterocycles. The van der Waals surface area contributed by atoms with Crippen molar-refractivity contribution in [3.8, 4) is 0 Å². The summed E-state index contributed by atoms with van der Waals surface area (Å²) in [5, 5.41) is 3.33. The van der Waals surface area contributed by atoms with Crippen molar-refractivity contribution in [3.63, 3.8) is 0 Å². The molecule has 5 nitrogen and oxygen atoms in total. The Kier molecular flexibility index (Phi) is 5.21. The topological polar surface area (TPSA) is 61.4 Å². The fourth-order valence-corrected chi connectivity index (χ4v) is 3.99. The van der Waals surface area contributed by atoms with Gasteiger partial charge < -0.3 is 5.32 Å². The van der Waals surface area contributed by atoms with Crippen molar-refractivity contribution >= 4 is 22.6 Å². The van der Waals surface area contributed by atoms with Crippen LogP contribution in [0.25, 0.3) is 0 Å². The first-order valence-corrected chi connectivity index (χ1v) is 7.47. The van der Waals surface area contributed by atoms with Crippen molar-refractivity contribution in [3.05, 3.63) is 0 Å². The van der Waals surface area contributed by atoms with Crippen LogP contribution in [-0.2, 0) is 10.2 Å². The molecule has 2 N–H and O–H groups in total. The van der Waals surface area contributed by atoms with E-state index >= 15 is 0 Å². The third-order valence-corrected chi connectivity index (χ3v) is 5.17. The van der Waals surface area contributed by atoms with Crippen LogP contribution in [0.5, 0.6) is 0 Å². The lowest BCUT2D eigenvalue weighted by Crippen LogP contribution is -2.41. The summed E-state index contributed by atoms with van der Waals surface area (Å²) >= 11 is 0. The van der Waals surface area contributed by atoms with Crippen molar-refractivity contribution in [2.75, 3.05) is 32.7 Å². The highest BCUT2D eigenvalue weighted by atomic mass is 35.5. The minimum absolute atomic E-state index is 0. The Bertz CT molecular complexity index is 341. The summed E-state index contributed by atoms with van der Waals surface area (Å²) < 4.78 is 28.1. The third-order valence-electron chi connectivity index (χ3n) is 3.61. The second-order valence-electron chi connectivity index (χ2n) is 4.91. The predicted molar refractivity (Wildman–Crippen MR) is 70.6 cm³/mol. The molecule has 1 unspecified atom stereocenters. The molecule has 1 atom stereocenters. The van der Waals surface area contributed by atoms with Crippen LogP contribution in [0.3, 0.4) is 0 Å². The van der Waals surface area contributed by atoms with E-state index in [1.165, 1.54) is 0 Å². The number of halogens is 1. The minimum atomic E-state index is -3.23. The van der Waals surface area contributed by atoms with E-state index < -0.39 is 10.2 Å². The molecule has 2 aliphatic heterocycles. The maximum absolute atomic E-state index is 11.9. The summed E-state index contributed by atoms with van der Waals surface area (Å²) in [6, 6.07) is 0. The average molecular weight is 284 g/mol. The molecule has 2 aliphatic rings. The number of nitrogens with one attached hydrogen (secondary N) is 2. The summed E-state index contributed by atoms with van der Waals surface area (Å²) in [6.45, 7) is 5.84. The van der Waals surface area contributed by atoms with Crippen molar-refractivity contribution in [2.24, 2.45) is 5.41 Å². The Morgan fingerprint density at radius 1 is 1.41 bits per heavy atom. The quantitative estimate of drug-likeness (QED) is 0.782. The van der Waals surface area contributed by atoms with Crippen molar-refractivity contribution in [2.45, 2.75) is 26.2 Å². The van der Waals surface area contributed by atoms with Gasteiger partial charge in [-0.25, -0.2) is 4.72 Å². The largest absolute Gasteiger partial charge is 0.316 e. The van der Waals surface area contributed by atoms with Crippen LogP contribution in [0.2, 0.25) is 0 Å². The van der Waals surface area contributed by atoms with Gasteiger partial charge in [0.2, 0.25) is 0 Å². The van der Waals surface area contributed by atoms with Gasteiger partial charge in [0.25, 0.3) is 10.2 Å². The highest BCUT2D eigenvalue weighted by Gasteiger charge is 2.43. The van der Waals surface area contributed by atoms with Crippen LogP contribution in [0.4, 0.5) is 0 Å². The van der Waals surface area contributed by atoms with Gasteiger partial charge in [0, 0.05) is 26.2 Å². The Morgan fingerprint density at radius 3 is 2.76 bits per heavy atom. The van der Waals surface area contributed by atoms with Crippen LogP contribution in [0, 0.1) is 5.41 Å². The number of hydrogen-bond donors (Lipinski definition) is 2. The Hall–Kier alpha value is 0.120. The standard InChI is InChI=1S/C10H21N3O2S.ClH/c1-2-5-12-16(14,15)13-7-4-10(9-13)3-6-11-8-10;/h11-12H,2-9H2,1H3;1H. The van der Waals surface area contributed by atoms with E-state index in [0.29, 0.717) is 19.6 Å². The van der Waals surface area contributed by atoms with Gasteiger partial charge in [-0.2, -0.15) is 12.7 Å². The SMILES string of the molecule is CCCNS(=O)(=O)N1CCC2(CCNC2)C1.Cl. The van der Waals surface area contributed by atoms with E-state index in [2.05, 4.69) is 10.0 Å². The minimum Gasteiger partial charge on any atom is -0.316 e. The number of rotatable bonds is 4. The summed E-state index contributed by atoms with van der Waals surface area (Å²) in [4.78, 5) is 0. The molecule has 7 heteroatoms. The van der Waals surface area contributed by atoms with Crippen LogP contribution < -0.4 is 10.0 Å². The lowest BCUT2D eigenvalue weighted by Gasteiger charge is -2.22. The zero-order valence-electron chi connectivity index (χ0n) is 10.2. The molecular weight excluding hydrogens is 262 g/mol.